The Bertz CT molecular complexity index is 147. The van der Waals surface area contributed by atoms with Crippen molar-refractivity contribution in [2.24, 2.45) is 5.92 Å². The number of rotatable bonds is 4. The van der Waals surface area contributed by atoms with E-state index in [-0.39, 0.29) is 0 Å². The van der Waals surface area contributed by atoms with E-state index in [4.69, 9.17) is 0 Å². The van der Waals surface area contributed by atoms with E-state index in [0.717, 1.165) is 12.0 Å². The average Bonchev–Trinajstić information content (AvgIpc) is 2.51. The fourth-order valence-corrected chi connectivity index (χ4v) is 2.15. The maximum atomic E-state index is 3.30. The first-order valence-electron chi connectivity index (χ1n) is 5.54. The molecule has 1 saturated heterocycles. The van der Waals surface area contributed by atoms with Crippen LogP contribution in [-0.2, 0) is 0 Å². The van der Waals surface area contributed by atoms with E-state index in [1.807, 2.05) is 7.05 Å². The molecular formula is C11H24N2. The van der Waals surface area contributed by atoms with Crippen molar-refractivity contribution in [2.75, 3.05) is 20.1 Å². The van der Waals surface area contributed by atoms with Crippen LogP contribution in [0.4, 0.5) is 0 Å². The van der Waals surface area contributed by atoms with E-state index < -0.39 is 0 Å². The van der Waals surface area contributed by atoms with Gasteiger partial charge in [0, 0.05) is 18.6 Å². The van der Waals surface area contributed by atoms with Gasteiger partial charge in [0.2, 0.25) is 0 Å². The molecule has 0 aliphatic carbocycles. The summed E-state index contributed by atoms with van der Waals surface area (Å²) in [5.74, 6) is 0.910. The van der Waals surface area contributed by atoms with Crippen LogP contribution >= 0.6 is 0 Å². The second kappa shape index (κ2) is 4.97. The minimum absolute atomic E-state index is 0.644. The third-order valence-electron chi connectivity index (χ3n) is 3.27. The van der Waals surface area contributed by atoms with Crippen LogP contribution in [0.1, 0.15) is 33.6 Å². The molecule has 1 N–H and O–H groups in total. The van der Waals surface area contributed by atoms with Crippen LogP contribution in [0.5, 0.6) is 0 Å². The van der Waals surface area contributed by atoms with Gasteiger partial charge in [0.1, 0.15) is 0 Å². The normalized spacial score (nSPS) is 29.1. The number of hydrogen-bond acceptors (Lipinski definition) is 2. The molecule has 0 aromatic rings. The molecule has 1 aliphatic rings. The molecule has 2 nitrogen and oxygen atoms in total. The van der Waals surface area contributed by atoms with Crippen molar-refractivity contribution >= 4 is 0 Å². The molecule has 13 heavy (non-hydrogen) atoms. The third-order valence-corrected chi connectivity index (χ3v) is 3.27. The minimum Gasteiger partial charge on any atom is -0.317 e. The summed E-state index contributed by atoms with van der Waals surface area (Å²) in [6.45, 7) is 9.58. The van der Waals surface area contributed by atoms with Gasteiger partial charge in [-0.2, -0.15) is 0 Å². The molecule has 0 bridgehead atoms. The van der Waals surface area contributed by atoms with Crippen LogP contribution in [-0.4, -0.2) is 37.1 Å². The zero-order chi connectivity index (χ0) is 9.84. The van der Waals surface area contributed by atoms with Crippen molar-refractivity contribution in [3.8, 4) is 0 Å². The van der Waals surface area contributed by atoms with Crippen molar-refractivity contribution in [1.29, 1.82) is 0 Å². The summed E-state index contributed by atoms with van der Waals surface area (Å²) in [5.41, 5.74) is 0. The van der Waals surface area contributed by atoms with Crippen molar-refractivity contribution < 1.29 is 0 Å². The predicted octanol–water partition coefficient (Wildman–Crippen LogP) is 1.71. The highest BCUT2D eigenvalue weighted by molar-refractivity contribution is 4.79. The molecule has 1 rings (SSSR count). The third kappa shape index (κ3) is 3.28. The van der Waals surface area contributed by atoms with Gasteiger partial charge in [-0.3, -0.25) is 0 Å². The van der Waals surface area contributed by atoms with E-state index in [2.05, 4.69) is 31.0 Å². The number of likely N-dealkylation sites (tertiary alicyclic amines) is 1. The lowest BCUT2D eigenvalue weighted by molar-refractivity contribution is 0.226. The summed E-state index contributed by atoms with van der Waals surface area (Å²) in [4.78, 5) is 2.62. The van der Waals surface area contributed by atoms with Gasteiger partial charge in [-0.1, -0.05) is 6.92 Å². The Morgan fingerprint density at radius 1 is 1.46 bits per heavy atom. The largest absolute Gasteiger partial charge is 0.317 e. The van der Waals surface area contributed by atoms with Gasteiger partial charge in [0.05, 0.1) is 0 Å². The lowest BCUT2D eigenvalue weighted by atomic mass is 10.1. The van der Waals surface area contributed by atoms with E-state index in [9.17, 15) is 0 Å². The second-order valence-electron chi connectivity index (χ2n) is 4.66. The predicted molar refractivity (Wildman–Crippen MR) is 58.0 cm³/mol. The highest BCUT2D eigenvalue weighted by atomic mass is 15.2. The zero-order valence-electron chi connectivity index (χ0n) is 9.51. The molecule has 3 unspecified atom stereocenters. The molecule has 78 valence electrons. The molecule has 0 radical (unpaired) electrons. The first-order chi connectivity index (χ1) is 6.13. The van der Waals surface area contributed by atoms with Crippen molar-refractivity contribution in [3.63, 3.8) is 0 Å². The molecule has 3 atom stereocenters. The maximum Gasteiger partial charge on any atom is 0.00817 e. The molecular weight excluding hydrogens is 160 g/mol. The summed E-state index contributed by atoms with van der Waals surface area (Å²) in [5, 5.41) is 3.30. The quantitative estimate of drug-likeness (QED) is 0.715. The van der Waals surface area contributed by atoms with E-state index >= 15 is 0 Å². The summed E-state index contributed by atoms with van der Waals surface area (Å²) < 4.78 is 0. The van der Waals surface area contributed by atoms with Gasteiger partial charge in [0.15, 0.2) is 0 Å². The van der Waals surface area contributed by atoms with Crippen LogP contribution in [0, 0.1) is 5.92 Å². The molecule has 1 heterocycles. The van der Waals surface area contributed by atoms with Gasteiger partial charge < -0.3 is 10.2 Å². The number of nitrogens with one attached hydrogen (secondary N) is 1. The molecule has 1 aliphatic heterocycles. The molecule has 0 spiro atoms. The van der Waals surface area contributed by atoms with Crippen molar-refractivity contribution in [2.45, 2.75) is 45.7 Å². The summed E-state index contributed by atoms with van der Waals surface area (Å²) in [7, 11) is 2.05. The van der Waals surface area contributed by atoms with Gasteiger partial charge in [-0.25, -0.2) is 0 Å². The summed E-state index contributed by atoms with van der Waals surface area (Å²) >= 11 is 0. The van der Waals surface area contributed by atoms with Crippen LogP contribution in [0.15, 0.2) is 0 Å². The lowest BCUT2D eigenvalue weighted by Gasteiger charge is -2.26. The molecule has 0 amide bonds. The highest BCUT2D eigenvalue weighted by Gasteiger charge is 2.23. The standard InChI is InChI=1S/C11H24N2/c1-9-5-6-13(8-9)11(3)7-10(2)12-4/h9-12H,5-8H2,1-4H3. The smallest absolute Gasteiger partial charge is 0.00817 e. The van der Waals surface area contributed by atoms with E-state index in [1.165, 1.54) is 25.9 Å². The Morgan fingerprint density at radius 3 is 2.62 bits per heavy atom. The highest BCUT2D eigenvalue weighted by Crippen LogP contribution is 2.19. The molecule has 0 aromatic heterocycles. The van der Waals surface area contributed by atoms with Gasteiger partial charge in [-0.05, 0) is 46.2 Å². The average molecular weight is 184 g/mol. The Hall–Kier alpha value is -0.0800. The Labute approximate surface area is 82.7 Å². The van der Waals surface area contributed by atoms with Crippen LogP contribution < -0.4 is 5.32 Å². The number of hydrogen-bond donors (Lipinski definition) is 1. The van der Waals surface area contributed by atoms with Gasteiger partial charge >= 0.3 is 0 Å². The fourth-order valence-electron chi connectivity index (χ4n) is 2.15. The van der Waals surface area contributed by atoms with Gasteiger partial charge in [0.25, 0.3) is 0 Å². The number of nitrogens with zero attached hydrogens (tertiary/aromatic N) is 1. The first kappa shape index (κ1) is 11.0. The van der Waals surface area contributed by atoms with E-state index in [1.54, 1.807) is 0 Å². The molecule has 0 aromatic carbocycles. The van der Waals surface area contributed by atoms with Gasteiger partial charge in [-0.15, -0.1) is 0 Å². The maximum absolute atomic E-state index is 3.30. The first-order valence-corrected chi connectivity index (χ1v) is 5.54. The molecule has 1 fully saturated rings. The van der Waals surface area contributed by atoms with E-state index in [0.29, 0.717) is 6.04 Å². The monoisotopic (exact) mass is 184 g/mol. The summed E-state index contributed by atoms with van der Waals surface area (Å²) in [6, 6.07) is 1.39. The van der Waals surface area contributed by atoms with Crippen LogP contribution in [0.3, 0.4) is 0 Å². The Balaban J connectivity index is 2.27. The summed E-state index contributed by atoms with van der Waals surface area (Å²) in [6.07, 6.45) is 2.65. The minimum atomic E-state index is 0.644. The van der Waals surface area contributed by atoms with Crippen LogP contribution in [0.2, 0.25) is 0 Å². The SMILES string of the molecule is CNC(C)CC(C)N1CCC(C)C1. The topological polar surface area (TPSA) is 15.3 Å². The molecule has 2 heteroatoms. The fraction of sp³-hybridized carbons (Fsp3) is 1.00. The lowest BCUT2D eigenvalue weighted by Crippen LogP contribution is -2.36. The Morgan fingerprint density at radius 2 is 2.15 bits per heavy atom. The van der Waals surface area contributed by atoms with Crippen molar-refractivity contribution in [1.82, 2.24) is 10.2 Å². The van der Waals surface area contributed by atoms with Crippen molar-refractivity contribution in [3.05, 3.63) is 0 Å². The Kier molecular flexibility index (Phi) is 4.20. The molecule has 0 saturated carbocycles. The zero-order valence-corrected chi connectivity index (χ0v) is 9.51. The second-order valence-corrected chi connectivity index (χ2v) is 4.66. The van der Waals surface area contributed by atoms with Crippen LogP contribution in [0.25, 0.3) is 0 Å².